The molecule has 2 aliphatic heterocycles. The minimum Gasteiger partial charge on any atom is -0.339 e. The SMILES string of the molecule is CC1CC(C(=O)N2CCN(S(=O)(=O)c3ccc(C(C)C)cc3)CC2)NN1. The highest BCUT2D eigenvalue weighted by molar-refractivity contribution is 7.89. The molecule has 1 aromatic rings. The highest BCUT2D eigenvalue weighted by Crippen LogP contribution is 2.21. The van der Waals surface area contributed by atoms with Gasteiger partial charge in [-0.2, -0.15) is 4.31 Å². The molecule has 8 heteroatoms. The van der Waals surface area contributed by atoms with Crippen LogP contribution >= 0.6 is 0 Å². The Morgan fingerprint density at radius 1 is 1.08 bits per heavy atom. The highest BCUT2D eigenvalue weighted by Gasteiger charge is 2.34. The van der Waals surface area contributed by atoms with Crippen molar-refractivity contribution in [2.75, 3.05) is 26.2 Å². The fourth-order valence-electron chi connectivity index (χ4n) is 3.42. The second kappa shape index (κ2) is 7.64. The lowest BCUT2D eigenvalue weighted by Crippen LogP contribution is -2.54. The maximum Gasteiger partial charge on any atom is 0.243 e. The van der Waals surface area contributed by atoms with Gasteiger partial charge in [0, 0.05) is 32.2 Å². The Balaban J connectivity index is 1.62. The summed E-state index contributed by atoms with van der Waals surface area (Å²) < 4.78 is 27.2. The average Bonchev–Trinajstić information content (AvgIpc) is 3.07. The molecule has 2 atom stereocenters. The lowest BCUT2D eigenvalue weighted by molar-refractivity contribution is -0.134. The first kappa shape index (κ1) is 19.3. The zero-order valence-corrected chi connectivity index (χ0v) is 16.4. The lowest BCUT2D eigenvalue weighted by atomic mass is 10.0. The van der Waals surface area contributed by atoms with Crippen molar-refractivity contribution >= 4 is 15.9 Å². The van der Waals surface area contributed by atoms with Crippen molar-refractivity contribution in [1.29, 1.82) is 0 Å². The summed E-state index contributed by atoms with van der Waals surface area (Å²) in [7, 11) is -3.51. The van der Waals surface area contributed by atoms with Crippen LogP contribution in [0.4, 0.5) is 0 Å². The molecule has 1 amide bonds. The predicted octanol–water partition coefficient (Wildman–Crippen LogP) is 0.898. The first-order valence-electron chi connectivity index (χ1n) is 9.19. The van der Waals surface area contributed by atoms with Crippen molar-refractivity contribution < 1.29 is 13.2 Å². The number of hydrogen-bond donors (Lipinski definition) is 2. The van der Waals surface area contributed by atoms with E-state index in [4.69, 9.17) is 0 Å². The van der Waals surface area contributed by atoms with Crippen molar-refractivity contribution in [2.45, 2.75) is 50.1 Å². The molecule has 2 fully saturated rings. The van der Waals surface area contributed by atoms with Crippen LogP contribution in [0.25, 0.3) is 0 Å². The Hall–Kier alpha value is -1.48. The third-order valence-electron chi connectivity index (χ3n) is 5.13. The number of benzene rings is 1. The van der Waals surface area contributed by atoms with Crippen molar-refractivity contribution in [1.82, 2.24) is 20.1 Å². The zero-order chi connectivity index (χ0) is 18.9. The Labute approximate surface area is 155 Å². The fourth-order valence-corrected chi connectivity index (χ4v) is 4.84. The largest absolute Gasteiger partial charge is 0.339 e. The van der Waals surface area contributed by atoms with E-state index in [2.05, 4.69) is 24.7 Å². The van der Waals surface area contributed by atoms with Gasteiger partial charge in [0.05, 0.1) is 4.90 Å². The van der Waals surface area contributed by atoms with Gasteiger partial charge in [0.15, 0.2) is 0 Å². The zero-order valence-electron chi connectivity index (χ0n) is 15.6. The van der Waals surface area contributed by atoms with Gasteiger partial charge in [0.1, 0.15) is 6.04 Å². The summed E-state index contributed by atoms with van der Waals surface area (Å²) in [6, 6.07) is 7.14. The summed E-state index contributed by atoms with van der Waals surface area (Å²) in [6.07, 6.45) is 0.750. The number of hydrogen-bond acceptors (Lipinski definition) is 5. The van der Waals surface area contributed by atoms with Gasteiger partial charge in [0.25, 0.3) is 0 Å². The molecular weight excluding hydrogens is 352 g/mol. The molecule has 2 saturated heterocycles. The minimum absolute atomic E-state index is 0.0418. The number of nitrogens with zero attached hydrogens (tertiary/aromatic N) is 2. The lowest BCUT2D eigenvalue weighted by Gasteiger charge is -2.35. The molecule has 0 aromatic heterocycles. The molecule has 0 saturated carbocycles. The minimum atomic E-state index is -3.51. The van der Waals surface area contributed by atoms with E-state index in [0.29, 0.717) is 37.0 Å². The van der Waals surface area contributed by atoms with Gasteiger partial charge in [0.2, 0.25) is 15.9 Å². The monoisotopic (exact) mass is 380 g/mol. The van der Waals surface area contributed by atoms with Crippen molar-refractivity contribution in [2.24, 2.45) is 0 Å². The molecule has 0 bridgehead atoms. The van der Waals surface area contributed by atoms with Crippen LogP contribution in [0.3, 0.4) is 0 Å². The van der Waals surface area contributed by atoms with Crippen LogP contribution in [-0.2, 0) is 14.8 Å². The second-order valence-corrected chi connectivity index (χ2v) is 9.37. The van der Waals surface area contributed by atoms with Gasteiger partial charge >= 0.3 is 0 Å². The van der Waals surface area contributed by atoms with Crippen molar-refractivity contribution in [3.8, 4) is 0 Å². The molecule has 2 unspecified atom stereocenters. The first-order valence-corrected chi connectivity index (χ1v) is 10.6. The van der Waals surface area contributed by atoms with Gasteiger partial charge in [-0.05, 0) is 37.0 Å². The van der Waals surface area contributed by atoms with E-state index in [-0.39, 0.29) is 18.0 Å². The molecule has 0 radical (unpaired) electrons. The summed E-state index contributed by atoms with van der Waals surface area (Å²) in [4.78, 5) is 14.6. The van der Waals surface area contributed by atoms with Crippen molar-refractivity contribution in [3.05, 3.63) is 29.8 Å². The molecule has 2 N–H and O–H groups in total. The maximum absolute atomic E-state index is 12.8. The van der Waals surface area contributed by atoms with Crippen LogP contribution in [0, 0.1) is 0 Å². The normalized spacial score (nSPS) is 25.0. The van der Waals surface area contributed by atoms with Gasteiger partial charge in [-0.15, -0.1) is 0 Å². The Morgan fingerprint density at radius 3 is 2.19 bits per heavy atom. The molecule has 7 nitrogen and oxygen atoms in total. The van der Waals surface area contributed by atoms with E-state index in [1.165, 1.54) is 4.31 Å². The van der Waals surface area contributed by atoms with E-state index in [0.717, 1.165) is 12.0 Å². The Morgan fingerprint density at radius 2 is 1.69 bits per heavy atom. The molecule has 0 spiro atoms. The van der Waals surface area contributed by atoms with E-state index < -0.39 is 10.0 Å². The molecular formula is C18H28N4O3S. The number of nitrogens with one attached hydrogen (secondary N) is 2. The second-order valence-electron chi connectivity index (χ2n) is 7.43. The predicted molar refractivity (Wildman–Crippen MR) is 100 cm³/mol. The molecule has 1 aromatic carbocycles. The van der Waals surface area contributed by atoms with Crippen LogP contribution in [0.2, 0.25) is 0 Å². The molecule has 144 valence electrons. The van der Waals surface area contributed by atoms with Gasteiger partial charge in [-0.3, -0.25) is 10.2 Å². The third kappa shape index (κ3) is 3.93. The van der Waals surface area contributed by atoms with E-state index in [1.807, 2.05) is 19.1 Å². The topological polar surface area (TPSA) is 81.8 Å². The number of carbonyl (C=O) groups is 1. The molecule has 2 aliphatic rings. The highest BCUT2D eigenvalue weighted by atomic mass is 32.2. The number of piperazine rings is 1. The summed E-state index contributed by atoms with van der Waals surface area (Å²) in [5.41, 5.74) is 7.18. The average molecular weight is 381 g/mol. The van der Waals surface area contributed by atoms with E-state index in [9.17, 15) is 13.2 Å². The van der Waals surface area contributed by atoms with Crippen LogP contribution in [0.5, 0.6) is 0 Å². The first-order chi connectivity index (χ1) is 12.3. The number of sulfonamides is 1. The van der Waals surface area contributed by atoms with Crippen LogP contribution in [-0.4, -0.2) is 61.8 Å². The number of rotatable bonds is 4. The molecule has 2 heterocycles. The third-order valence-corrected chi connectivity index (χ3v) is 7.04. The number of hydrazine groups is 1. The fraction of sp³-hybridized carbons (Fsp3) is 0.611. The number of amides is 1. The van der Waals surface area contributed by atoms with E-state index in [1.54, 1.807) is 17.0 Å². The molecule has 3 rings (SSSR count). The Kier molecular flexibility index (Phi) is 5.67. The summed E-state index contributed by atoms with van der Waals surface area (Å²) in [5, 5.41) is 0. The van der Waals surface area contributed by atoms with E-state index >= 15 is 0 Å². The number of carbonyl (C=O) groups excluding carboxylic acids is 1. The van der Waals surface area contributed by atoms with Gasteiger partial charge in [-0.1, -0.05) is 26.0 Å². The maximum atomic E-state index is 12.8. The summed E-state index contributed by atoms with van der Waals surface area (Å²) in [5.74, 6) is 0.405. The van der Waals surface area contributed by atoms with Crippen molar-refractivity contribution in [3.63, 3.8) is 0 Å². The standard InChI is InChI=1S/C18H28N4O3S/c1-13(2)15-4-6-16(7-5-15)26(24,25)22-10-8-21(9-11-22)18(23)17-12-14(3)19-20-17/h4-7,13-14,17,19-20H,8-12H2,1-3H3. The van der Waals surface area contributed by atoms with Crippen LogP contribution in [0.1, 0.15) is 38.7 Å². The smallest absolute Gasteiger partial charge is 0.243 e. The van der Waals surface area contributed by atoms with Crippen LogP contribution in [0.15, 0.2) is 29.2 Å². The molecule has 0 aliphatic carbocycles. The van der Waals surface area contributed by atoms with Gasteiger partial charge in [-0.25, -0.2) is 13.8 Å². The van der Waals surface area contributed by atoms with Gasteiger partial charge < -0.3 is 4.90 Å². The van der Waals surface area contributed by atoms with Crippen LogP contribution < -0.4 is 10.9 Å². The Bertz CT molecular complexity index is 740. The quantitative estimate of drug-likeness (QED) is 0.811. The summed E-state index contributed by atoms with van der Waals surface area (Å²) in [6.45, 7) is 7.69. The summed E-state index contributed by atoms with van der Waals surface area (Å²) >= 11 is 0. The molecule has 26 heavy (non-hydrogen) atoms.